The summed E-state index contributed by atoms with van der Waals surface area (Å²) in [7, 11) is 0. The average molecular weight is 342 g/mol. The second-order valence-electron chi connectivity index (χ2n) is 5.71. The number of carbonyl (C=O) groups excluding carboxylic acids is 1. The summed E-state index contributed by atoms with van der Waals surface area (Å²) in [5.74, 6) is -0.188. The largest absolute Gasteiger partial charge is 0.350 e. The van der Waals surface area contributed by atoms with Crippen LogP contribution in [0.3, 0.4) is 0 Å². The molecule has 0 saturated heterocycles. The lowest BCUT2D eigenvalue weighted by Crippen LogP contribution is -2.27. The number of nitrogens with zero attached hydrogens (tertiary/aromatic N) is 7. The Kier molecular flexibility index (Phi) is 5.34. The zero-order chi connectivity index (χ0) is 17.6. The number of rotatable bonds is 8. The first-order chi connectivity index (χ1) is 12.2. The smallest absolute Gasteiger partial charge is 0.256 e. The van der Waals surface area contributed by atoms with Crippen LogP contribution in [0.15, 0.2) is 31.2 Å². The molecule has 0 aliphatic heterocycles. The molecule has 0 bridgehead atoms. The second kappa shape index (κ2) is 7.84. The molecule has 1 N–H and O–H groups in total. The van der Waals surface area contributed by atoms with Crippen LogP contribution in [0.1, 0.15) is 29.8 Å². The minimum absolute atomic E-state index is 0.188. The third-order valence-corrected chi connectivity index (χ3v) is 4.08. The van der Waals surface area contributed by atoms with Gasteiger partial charge in [-0.3, -0.25) is 9.69 Å². The molecule has 0 aliphatic rings. The zero-order valence-corrected chi connectivity index (χ0v) is 14.5. The topological polar surface area (TPSA) is 93.2 Å². The molecule has 0 aromatic carbocycles. The van der Waals surface area contributed by atoms with Crippen molar-refractivity contribution in [3.63, 3.8) is 0 Å². The molecule has 0 radical (unpaired) electrons. The summed E-state index contributed by atoms with van der Waals surface area (Å²) in [5.41, 5.74) is 2.10. The molecule has 9 heteroatoms. The Balaban J connectivity index is 1.66. The maximum absolute atomic E-state index is 12.4. The van der Waals surface area contributed by atoms with Crippen molar-refractivity contribution in [2.45, 2.75) is 26.9 Å². The highest BCUT2D eigenvalue weighted by atomic mass is 16.1. The van der Waals surface area contributed by atoms with E-state index in [2.05, 4.69) is 44.3 Å². The molecule has 0 unspecified atom stereocenters. The van der Waals surface area contributed by atoms with Crippen LogP contribution in [-0.4, -0.2) is 59.8 Å². The van der Waals surface area contributed by atoms with Gasteiger partial charge in [-0.25, -0.2) is 9.50 Å². The molecule has 3 rings (SSSR count). The summed E-state index contributed by atoms with van der Waals surface area (Å²) in [4.78, 5) is 19.1. The van der Waals surface area contributed by atoms with E-state index in [0.717, 1.165) is 25.2 Å². The first kappa shape index (κ1) is 17.0. The highest BCUT2D eigenvalue weighted by Gasteiger charge is 2.14. The lowest BCUT2D eigenvalue weighted by molar-refractivity contribution is 0.0953. The van der Waals surface area contributed by atoms with E-state index < -0.39 is 0 Å². The van der Waals surface area contributed by atoms with E-state index in [1.165, 1.54) is 0 Å². The molecule has 3 aromatic heterocycles. The molecule has 0 atom stereocenters. The fourth-order valence-electron chi connectivity index (χ4n) is 2.59. The number of carbonyl (C=O) groups is 1. The van der Waals surface area contributed by atoms with Crippen LogP contribution < -0.4 is 5.32 Å². The Hall–Kier alpha value is -2.81. The first-order valence-electron chi connectivity index (χ1n) is 8.36. The van der Waals surface area contributed by atoms with Crippen molar-refractivity contribution in [3.05, 3.63) is 42.4 Å². The van der Waals surface area contributed by atoms with Crippen molar-refractivity contribution in [2.75, 3.05) is 19.6 Å². The number of hydrogen-bond acceptors (Lipinski definition) is 6. The van der Waals surface area contributed by atoms with Crippen molar-refractivity contribution < 1.29 is 4.79 Å². The maximum Gasteiger partial charge on any atom is 0.256 e. The Morgan fingerprint density at radius 1 is 1.20 bits per heavy atom. The minimum Gasteiger partial charge on any atom is -0.350 e. The summed E-state index contributed by atoms with van der Waals surface area (Å²) in [6, 6.07) is 0. The molecule has 3 aromatic rings. The van der Waals surface area contributed by atoms with Gasteiger partial charge in [-0.1, -0.05) is 13.8 Å². The molecular formula is C16H22N8O. The van der Waals surface area contributed by atoms with Crippen molar-refractivity contribution in [1.82, 2.24) is 39.6 Å². The number of amides is 1. The number of aromatic nitrogens is 6. The highest BCUT2D eigenvalue weighted by Crippen LogP contribution is 2.10. The minimum atomic E-state index is -0.188. The third kappa shape index (κ3) is 4.00. The average Bonchev–Trinajstić information content (AvgIpc) is 3.28. The fraction of sp³-hybridized carbons (Fsp3) is 0.438. The number of nitrogens with one attached hydrogen (secondary N) is 1. The van der Waals surface area contributed by atoms with Crippen LogP contribution in [0.5, 0.6) is 0 Å². The van der Waals surface area contributed by atoms with Crippen LogP contribution >= 0.6 is 0 Å². The third-order valence-electron chi connectivity index (χ3n) is 4.08. The van der Waals surface area contributed by atoms with E-state index in [1.54, 1.807) is 27.9 Å². The van der Waals surface area contributed by atoms with Crippen molar-refractivity contribution in [1.29, 1.82) is 0 Å². The van der Waals surface area contributed by atoms with E-state index in [4.69, 9.17) is 0 Å². The van der Waals surface area contributed by atoms with Crippen molar-refractivity contribution >= 4 is 11.6 Å². The summed E-state index contributed by atoms with van der Waals surface area (Å²) < 4.78 is 3.46. The van der Waals surface area contributed by atoms with Gasteiger partial charge in [-0.05, 0) is 13.1 Å². The monoisotopic (exact) mass is 342 g/mol. The Morgan fingerprint density at radius 3 is 2.68 bits per heavy atom. The Morgan fingerprint density at radius 2 is 1.96 bits per heavy atom. The summed E-state index contributed by atoms with van der Waals surface area (Å²) >= 11 is 0. The lowest BCUT2D eigenvalue weighted by Gasteiger charge is -2.17. The maximum atomic E-state index is 12.4. The van der Waals surface area contributed by atoms with Gasteiger partial charge >= 0.3 is 0 Å². The van der Waals surface area contributed by atoms with Gasteiger partial charge in [0.25, 0.3) is 5.91 Å². The molecule has 0 saturated carbocycles. The van der Waals surface area contributed by atoms with Gasteiger partial charge in [-0.15, -0.1) is 10.2 Å². The molecule has 0 fully saturated rings. The van der Waals surface area contributed by atoms with Gasteiger partial charge < -0.3 is 9.88 Å². The van der Waals surface area contributed by atoms with E-state index in [-0.39, 0.29) is 5.91 Å². The number of hydrogen-bond donors (Lipinski definition) is 1. The van der Waals surface area contributed by atoms with Crippen LogP contribution in [0, 0.1) is 0 Å². The van der Waals surface area contributed by atoms with E-state index in [1.807, 2.05) is 12.4 Å². The van der Waals surface area contributed by atoms with E-state index in [9.17, 15) is 4.79 Å². The molecular weight excluding hydrogens is 320 g/mol. The summed E-state index contributed by atoms with van der Waals surface area (Å²) in [6.07, 6.45) is 8.51. The first-order valence-corrected chi connectivity index (χ1v) is 8.36. The molecule has 1 amide bonds. The van der Waals surface area contributed by atoms with Gasteiger partial charge in [0.05, 0.1) is 6.20 Å². The second-order valence-corrected chi connectivity index (χ2v) is 5.71. The standard InChI is InChI=1S/C16H22N8O/c1-3-22(4-2)9-13-7-18-15-14(8-21-24(15)10-13)16(25)17-5-6-23-11-19-20-12-23/h7-8,10-12H,3-6,9H2,1-2H3,(H,17,25). The molecule has 25 heavy (non-hydrogen) atoms. The van der Waals surface area contributed by atoms with E-state index >= 15 is 0 Å². The van der Waals surface area contributed by atoms with Crippen molar-refractivity contribution in [2.24, 2.45) is 0 Å². The highest BCUT2D eigenvalue weighted by molar-refractivity contribution is 5.99. The SMILES string of the molecule is CCN(CC)Cc1cnc2c(C(=O)NCCn3cnnc3)cnn2c1. The van der Waals surface area contributed by atoms with Crippen molar-refractivity contribution in [3.8, 4) is 0 Å². The van der Waals surface area contributed by atoms with Gasteiger partial charge in [0, 0.05) is 37.6 Å². The van der Waals surface area contributed by atoms with Crippen LogP contribution in [0.2, 0.25) is 0 Å². The van der Waals surface area contributed by atoms with Gasteiger partial charge in [0.15, 0.2) is 5.65 Å². The van der Waals surface area contributed by atoms with Gasteiger partial charge in [0.1, 0.15) is 18.2 Å². The normalized spacial score (nSPS) is 11.3. The van der Waals surface area contributed by atoms with Crippen LogP contribution in [0.25, 0.3) is 5.65 Å². The lowest BCUT2D eigenvalue weighted by atomic mass is 10.3. The Labute approximate surface area is 145 Å². The van der Waals surface area contributed by atoms with E-state index in [0.29, 0.717) is 24.3 Å². The number of fused-ring (bicyclic) bond motifs is 1. The predicted octanol–water partition coefficient (Wildman–Crippen LogP) is 0.593. The quantitative estimate of drug-likeness (QED) is 0.644. The zero-order valence-electron chi connectivity index (χ0n) is 14.5. The fourth-order valence-corrected chi connectivity index (χ4v) is 2.59. The van der Waals surface area contributed by atoms with Crippen LogP contribution in [0.4, 0.5) is 0 Å². The molecule has 0 aliphatic carbocycles. The molecule has 9 nitrogen and oxygen atoms in total. The predicted molar refractivity (Wildman–Crippen MR) is 92.0 cm³/mol. The summed E-state index contributed by atoms with van der Waals surface area (Å²) in [6.45, 7) is 8.13. The van der Waals surface area contributed by atoms with Gasteiger partial charge in [-0.2, -0.15) is 5.10 Å². The molecule has 3 heterocycles. The van der Waals surface area contributed by atoms with Crippen LogP contribution in [-0.2, 0) is 13.1 Å². The summed E-state index contributed by atoms with van der Waals surface area (Å²) in [5, 5.41) is 14.6. The Bertz CT molecular complexity index is 822. The molecule has 132 valence electrons. The van der Waals surface area contributed by atoms with Gasteiger partial charge in [0.2, 0.25) is 0 Å². The molecule has 0 spiro atoms.